The fraction of sp³-hybridized carbons (Fsp3) is 0.433. The molecule has 1 unspecified atom stereocenters. The van der Waals surface area contributed by atoms with Crippen LogP contribution in [0.1, 0.15) is 36.1 Å². The quantitative estimate of drug-likeness (QED) is 0.338. The Kier molecular flexibility index (Phi) is 9.73. The molecule has 6 nitrogen and oxygen atoms in total. The van der Waals surface area contributed by atoms with E-state index in [0.717, 1.165) is 80.3 Å². The predicted octanol–water partition coefficient (Wildman–Crippen LogP) is 4.76. The predicted molar refractivity (Wildman–Crippen MR) is 145 cm³/mol. The van der Waals surface area contributed by atoms with Crippen molar-refractivity contribution in [3.63, 3.8) is 0 Å². The minimum absolute atomic E-state index is 0.165. The minimum atomic E-state index is -0.165. The average molecular weight is 490 g/mol. The summed E-state index contributed by atoms with van der Waals surface area (Å²) in [5.74, 6) is 1.86. The number of aromatic nitrogens is 1. The van der Waals surface area contributed by atoms with Gasteiger partial charge in [0.15, 0.2) is 0 Å². The highest BCUT2D eigenvalue weighted by atomic mass is 16.5. The van der Waals surface area contributed by atoms with E-state index in [1.165, 1.54) is 11.1 Å². The molecule has 1 aromatic heterocycles. The Morgan fingerprint density at radius 2 is 1.61 bits per heavy atom. The number of β-amino-alcohol motifs (C(OH)–C–C–N with tert-alkyl or cyclic N) is 1. The standard InChI is InChI=1S/C30H39N3O3/c1-23-27(10-5-12-29(23)35-19-7-15-31-21-25-9-3-4-16-32-25)28-11-6-13-30(24(28)2)36-20-8-17-33-18-14-26(34)22-33/h3-6,9-13,16,26,31,34H,7-8,14-15,17-22H2,1-2H3. The summed E-state index contributed by atoms with van der Waals surface area (Å²) in [6, 6.07) is 18.5. The van der Waals surface area contributed by atoms with Crippen molar-refractivity contribution in [1.82, 2.24) is 15.2 Å². The van der Waals surface area contributed by atoms with Crippen LogP contribution in [-0.2, 0) is 6.54 Å². The van der Waals surface area contributed by atoms with E-state index in [0.29, 0.717) is 13.2 Å². The third kappa shape index (κ3) is 7.29. The van der Waals surface area contributed by atoms with Crippen molar-refractivity contribution in [3.8, 4) is 22.6 Å². The van der Waals surface area contributed by atoms with E-state index >= 15 is 0 Å². The molecule has 1 saturated heterocycles. The topological polar surface area (TPSA) is 66.8 Å². The number of aliphatic hydroxyl groups excluding tert-OH is 1. The molecule has 2 N–H and O–H groups in total. The minimum Gasteiger partial charge on any atom is -0.493 e. The second kappa shape index (κ2) is 13.4. The van der Waals surface area contributed by atoms with Crippen LogP contribution in [0.5, 0.6) is 11.5 Å². The molecule has 3 aromatic rings. The Morgan fingerprint density at radius 3 is 2.22 bits per heavy atom. The van der Waals surface area contributed by atoms with E-state index in [9.17, 15) is 5.11 Å². The summed E-state index contributed by atoms with van der Waals surface area (Å²) >= 11 is 0. The smallest absolute Gasteiger partial charge is 0.122 e. The van der Waals surface area contributed by atoms with Crippen LogP contribution in [0.25, 0.3) is 11.1 Å². The zero-order valence-electron chi connectivity index (χ0n) is 21.6. The third-order valence-electron chi connectivity index (χ3n) is 6.77. The first-order chi connectivity index (χ1) is 17.6. The molecule has 1 aliphatic heterocycles. The number of benzene rings is 2. The van der Waals surface area contributed by atoms with Crippen LogP contribution in [0.2, 0.25) is 0 Å². The Hall–Kier alpha value is -2.93. The lowest BCUT2D eigenvalue weighted by Crippen LogP contribution is -2.24. The van der Waals surface area contributed by atoms with Gasteiger partial charge in [0, 0.05) is 32.4 Å². The Balaban J connectivity index is 1.28. The highest BCUT2D eigenvalue weighted by Gasteiger charge is 2.19. The highest BCUT2D eigenvalue weighted by molar-refractivity contribution is 5.74. The average Bonchev–Trinajstić information content (AvgIpc) is 3.31. The van der Waals surface area contributed by atoms with Crippen LogP contribution in [0, 0.1) is 13.8 Å². The molecule has 1 aliphatic rings. The molecular weight excluding hydrogens is 450 g/mol. The molecule has 6 heteroatoms. The van der Waals surface area contributed by atoms with E-state index in [2.05, 4.69) is 53.3 Å². The van der Waals surface area contributed by atoms with Crippen LogP contribution < -0.4 is 14.8 Å². The maximum atomic E-state index is 9.69. The van der Waals surface area contributed by atoms with Gasteiger partial charge in [0.1, 0.15) is 11.5 Å². The molecule has 1 fully saturated rings. The number of aliphatic hydroxyl groups is 1. The van der Waals surface area contributed by atoms with Gasteiger partial charge in [-0.25, -0.2) is 0 Å². The molecule has 36 heavy (non-hydrogen) atoms. The fourth-order valence-corrected chi connectivity index (χ4v) is 4.71. The summed E-state index contributed by atoms with van der Waals surface area (Å²) < 4.78 is 12.3. The Bertz CT molecular complexity index is 1090. The number of ether oxygens (including phenoxy) is 2. The van der Waals surface area contributed by atoms with E-state index in [1.54, 1.807) is 0 Å². The van der Waals surface area contributed by atoms with Crippen molar-refractivity contribution in [2.75, 3.05) is 39.4 Å². The maximum absolute atomic E-state index is 9.69. The normalized spacial score (nSPS) is 15.8. The van der Waals surface area contributed by atoms with Crippen molar-refractivity contribution in [1.29, 1.82) is 0 Å². The summed E-state index contributed by atoms with van der Waals surface area (Å²) in [4.78, 5) is 6.64. The molecule has 0 aliphatic carbocycles. The number of nitrogens with zero attached hydrogens (tertiary/aromatic N) is 2. The summed E-state index contributed by atoms with van der Waals surface area (Å²) in [6.07, 6.45) is 4.42. The van der Waals surface area contributed by atoms with Gasteiger partial charge in [-0.1, -0.05) is 30.3 Å². The Labute approximate surface area is 215 Å². The fourth-order valence-electron chi connectivity index (χ4n) is 4.71. The molecule has 2 aromatic carbocycles. The molecule has 0 bridgehead atoms. The van der Waals surface area contributed by atoms with E-state index in [4.69, 9.17) is 9.47 Å². The van der Waals surface area contributed by atoms with Crippen molar-refractivity contribution in [2.45, 2.75) is 45.8 Å². The molecule has 2 heterocycles. The van der Waals surface area contributed by atoms with Gasteiger partial charge >= 0.3 is 0 Å². The van der Waals surface area contributed by atoms with Crippen molar-refractivity contribution in [2.24, 2.45) is 0 Å². The summed E-state index contributed by atoms with van der Waals surface area (Å²) in [5, 5.41) is 13.1. The van der Waals surface area contributed by atoms with Crippen LogP contribution in [0.4, 0.5) is 0 Å². The molecule has 0 radical (unpaired) electrons. The lowest BCUT2D eigenvalue weighted by molar-refractivity contribution is 0.173. The van der Waals surface area contributed by atoms with E-state index < -0.39 is 0 Å². The van der Waals surface area contributed by atoms with E-state index in [-0.39, 0.29) is 6.10 Å². The van der Waals surface area contributed by atoms with Gasteiger partial charge in [-0.05, 0) is 86.2 Å². The summed E-state index contributed by atoms with van der Waals surface area (Å²) in [6.45, 7) is 9.97. The van der Waals surface area contributed by atoms with Crippen LogP contribution in [0.15, 0.2) is 60.8 Å². The highest BCUT2D eigenvalue weighted by Crippen LogP contribution is 2.35. The number of pyridine rings is 1. The van der Waals surface area contributed by atoms with Gasteiger partial charge in [0.2, 0.25) is 0 Å². The lowest BCUT2D eigenvalue weighted by atomic mass is 9.95. The number of nitrogens with one attached hydrogen (secondary N) is 1. The molecule has 0 spiro atoms. The lowest BCUT2D eigenvalue weighted by Gasteiger charge is -2.18. The second-order valence-electron chi connectivity index (χ2n) is 9.50. The van der Waals surface area contributed by atoms with Crippen LogP contribution in [0.3, 0.4) is 0 Å². The zero-order valence-corrected chi connectivity index (χ0v) is 21.6. The van der Waals surface area contributed by atoms with Gasteiger partial charge in [0.05, 0.1) is 25.0 Å². The van der Waals surface area contributed by atoms with Gasteiger partial charge < -0.3 is 24.8 Å². The van der Waals surface area contributed by atoms with Crippen molar-refractivity contribution >= 4 is 0 Å². The maximum Gasteiger partial charge on any atom is 0.122 e. The van der Waals surface area contributed by atoms with Crippen molar-refractivity contribution < 1.29 is 14.6 Å². The molecule has 0 amide bonds. The first-order valence-corrected chi connectivity index (χ1v) is 13.1. The third-order valence-corrected chi connectivity index (χ3v) is 6.77. The summed E-state index contributed by atoms with van der Waals surface area (Å²) in [7, 11) is 0. The Morgan fingerprint density at radius 1 is 0.917 bits per heavy atom. The first-order valence-electron chi connectivity index (χ1n) is 13.1. The molecule has 192 valence electrons. The zero-order chi connectivity index (χ0) is 25.2. The number of rotatable bonds is 13. The number of hydrogen-bond acceptors (Lipinski definition) is 6. The second-order valence-corrected chi connectivity index (χ2v) is 9.50. The van der Waals surface area contributed by atoms with Gasteiger partial charge in [-0.15, -0.1) is 0 Å². The van der Waals surface area contributed by atoms with Gasteiger partial charge in [0.25, 0.3) is 0 Å². The first kappa shape index (κ1) is 26.1. The SMILES string of the molecule is Cc1c(OCCCNCc2ccccn2)cccc1-c1cccc(OCCCN2CCC(O)C2)c1C. The molecule has 0 saturated carbocycles. The number of hydrogen-bond donors (Lipinski definition) is 2. The monoisotopic (exact) mass is 489 g/mol. The van der Waals surface area contributed by atoms with Crippen LogP contribution in [-0.4, -0.2) is 60.5 Å². The largest absolute Gasteiger partial charge is 0.493 e. The summed E-state index contributed by atoms with van der Waals surface area (Å²) in [5.41, 5.74) is 5.69. The van der Waals surface area contributed by atoms with Gasteiger partial charge in [-0.2, -0.15) is 0 Å². The molecular formula is C30H39N3O3. The van der Waals surface area contributed by atoms with Gasteiger partial charge in [-0.3, -0.25) is 4.98 Å². The molecule has 1 atom stereocenters. The van der Waals surface area contributed by atoms with Crippen LogP contribution >= 0.6 is 0 Å². The van der Waals surface area contributed by atoms with E-state index in [1.807, 2.05) is 36.5 Å². The molecule has 4 rings (SSSR count). The van der Waals surface area contributed by atoms with Crippen molar-refractivity contribution in [3.05, 3.63) is 77.6 Å². The number of likely N-dealkylation sites (tertiary alicyclic amines) is 1.